The number of hydrogen-bond acceptors (Lipinski definition) is 5. The molecule has 0 saturated heterocycles. The van der Waals surface area contributed by atoms with Gasteiger partial charge in [0.2, 0.25) is 0 Å². The van der Waals surface area contributed by atoms with E-state index in [1.165, 1.54) is 12.4 Å². The zero-order chi connectivity index (χ0) is 14.8. The number of carbonyl (C=O) groups excluding carboxylic acids is 1. The van der Waals surface area contributed by atoms with Crippen LogP contribution >= 0.6 is 0 Å². The molecule has 2 heterocycles. The van der Waals surface area contributed by atoms with Gasteiger partial charge in [-0.1, -0.05) is 17.3 Å². The number of amides is 1. The molecule has 0 spiro atoms. The first-order valence-electron chi connectivity index (χ1n) is 6.29. The molecular weight excluding hydrogens is 268 g/mol. The van der Waals surface area contributed by atoms with Crippen molar-refractivity contribution in [2.75, 3.05) is 0 Å². The van der Waals surface area contributed by atoms with Gasteiger partial charge in [-0.25, -0.2) is 4.98 Å². The zero-order valence-electron chi connectivity index (χ0n) is 11.3. The molecule has 6 heteroatoms. The SMILES string of the molecule is Cc1ccc(-c2ccno2)cc1-c1cnc(C(N)=O)cn1. The molecule has 6 nitrogen and oxygen atoms in total. The summed E-state index contributed by atoms with van der Waals surface area (Å²) < 4.78 is 5.15. The van der Waals surface area contributed by atoms with Gasteiger partial charge in [0.05, 0.1) is 24.3 Å². The van der Waals surface area contributed by atoms with E-state index in [2.05, 4.69) is 15.1 Å². The molecule has 1 aromatic carbocycles. The van der Waals surface area contributed by atoms with E-state index in [-0.39, 0.29) is 5.69 Å². The second kappa shape index (κ2) is 5.16. The number of aromatic nitrogens is 3. The Hall–Kier alpha value is -3.02. The van der Waals surface area contributed by atoms with Gasteiger partial charge in [0.25, 0.3) is 5.91 Å². The summed E-state index contributed by atoms with van der Waals surface area (Å²) in [6, 6.07) is 7.65. The second-order valence-corrected chi connectivity index (χ2v) is 4.56. The number of hydrogen-bond donors (Lipinski definition) is 1. The fourth-order valence-electron chi connectivity index (χ4n) is 2.01. The van der Waals surface area contributed by atoms with Gasteiger partial charge in [-0.05, 0) is 18.6 Å². The van der Waals surface area contributed by atoms with Crippen molar-refractivity contribution in [3.8, 4) is 22.6 Å². The Kier molecular flexibility index (Phi) is 3.19. The van der Waals surface area contributed by atoms with E-state index < -0.39 is 5.91 Å². The lowest BCUT2D eigenvalue weighted by molar-refractivity contribution is 0.0995. The quantitative estimate of drug-likeness (QED) is 0.793. The predicted octanol–water partition coefficient (Wildman–Crippen LogP) is 2.21. The fourth-order valence-corrected chi connectivity index (χ4v) is 2.01. The molecule has 0 fully saturated rings. The zero-order valence-corrected chi connectivity index (χ0v) is 11.3. The van der Waals surface area contributed by atoms with E-state index in [1.807, 2.05) is 25.1 Å². The Morgan fingerprint density at radius 3 is 2.67 bits per heavy atom. The van der Waals surface area contributed by atoms with E-state index in [4.69, 9.17) is 10.3 Å². The van der Waals surface area contributed by atoms with Crippen LogP contribution in [0.3, 0.4) is 0 Å². The molecule has 0 atom stereocenters. The lowest BCUT2D eigenvalue weighted by Gasteiger charge is -2.07. The van der Waals surface area contributed by atoms with Crippen LogP contribution in [0.5, 0.6) is 0 Å². The first-order chi connectivity index (χ1) is 10.1. The van der Waals surface area contributed by atoms with E-state index in [1.54, 1.807) is 12.3 Å². The maximum absolute atomic E-state index is 11.0. The van der Waals surface area contributed by atoms with Gasteiger partial charge in [0.1, 0.15) is 5.69 Å². The summed E-state index contributed by atoms with van der Waals surface area (Å²) in [7, 11) is 0. The molecule has 21 heavy (non-hydrogen) atoms. The molecule has 2 N–H and O–H groups in total. The van der Waals surface area contributed by atoms with Crippen LogP contribution in [0.25, 0.3) is 22.6 Å². The number of primary amides is 1. The molecule has 1 amide bonds. The van der Waals surface area contributed by atoms with Gasteiger partial charge in [-0.2, -0.15) is 0 Å². The van der Waals surface area contributed by atoms with Gasteiger partial charge >= 0.3 is 0 Å². The molecule has 0 bridgehead atoms. The molecule has 0 aliphatic rings. The number of carbonyl (C=O) groups is 1. The van der Waals surface area contributed by atoms with Crippen molar-refractivity contribution in [3.63, 3.8) is 0 Å². The van der Waals surface area contributed by atoms with Gasteiger partial charge in [0.15, 0.2) is 5.76 Å². The molecule has 0 aliphatic heterocycles. The van der Waals surface area contributed by atoms with E-state index in [9.17, 15) is 4.79 Å². The molecule has 0 saturated carbocycles. The molecule has 3 aromatic rings. The van der Waals surface area contributed by atoms with Crippen molar-refractivity contribution in [3.05, 3.63) is 54.1 Å². The van der Waals surface area contributed by atoms with Gasteiger partial charge in [-0.15, -0.1) is 0 Å². The Bertz CT molecular complexity index is 780. The third kappa shape index (κ3) is 2.51. The van der Waals surface area contributed by atoms with E-state index >= 15 is 0 Å². The summed E-state index contributed by atoms with van der Waals surface area (Å²) >= 11 is 0. The summed E-state index contributed by atoms with van der Waals surface area (Å²) in [6.07, 6.45) is 4.50. The Balaban J connectivity index is 2.05. The van der Waals surface area contributed by atoms with Crippen LogP contribution in [0.1, 0.15) is 16.1 Å². The number of nitrogens with zero attached hydrogens (tertiary/aromatic N) is 3. The van der Waals surface area contributed by atoms with Gasteiger partial charge in [-0.3, -0.25) is 9.78 Å². The largest absolute Gasteiger partial charge is 0.364 e. The Morgan fingerprint density at radius 1 is 1.19 bits per heavy atom. The topological polar surface area (TPSA) is 94.9 Å². The predicted molar refractivity (Wildman–Crippen MR) is 76.2 cm³/mol. The van der Waals surface area contributed by atoms with Gasteiger partial charge in [0, 0.05) is 17.2 Å². The maximum atomic E-state index is 11.0. The van der Waals surface area contributed by atoms with Crippen LogP contribution in [-0.2, 0) is 0 Å². The number of nitrogens with two attached hydrogens (primary N) is 1. The molecule has 0 radical (unpaired) electrons. The number of aryl methyl sites for hydroxylation is 1. The standard InChI is InChI=1S/C15H12N4O2/c1-9-2-3-10(14-4-5-19-21-14)6-11(9)12-7-18-13(8-17-12)15(16)20/h2-8H,1H3,(H2,16,20). The summed E-state index contributed by atoms with van der Waals surface area (Å²) in [5, 5.41) is 3.70. The van der Waals surface area contributed by atoms with Crippen molar-refractivity contribution in [1.82, 2.24) is 15.1 Å². The summed E-state index contributed by atoms with van der Waals surface area (Å²) in [6.45, 7) is 1.98. The van der Waals surface area contributed by atoms with Crippen LogP contribution in [-0.4, -0.2) is 21.0 Å². The van der Waals surface area contributed by atoms with E-state index in [0.717, 1.165) is 16.7 Å². The minimum absolute atomic E-state index is 0.141. The average molecular weight is 280 g/mol. The highest BCUT2D eigenvalue weighted by molar-refractivity contribution is 5.90. The molecule has 104 valence electrons. The number of rotatable bonds is 3. The molecular formula is C15H12N4O2. The minimum Gasteiger partial charge on any atom is -0.364 e. The third-order valence-corrected chi connectivity index (χ3v) is 3.14. The van der Waals surface area contributed by atoms with Crippen LogP contribution < -0.4 is 5.73 Å². The van der Waals surface area contributed by atoms with Crippen molar-refractivity contribution < 1.29 is 9.32 Å². The third-order valence-electron chi connectivity index (χ3n) is 3.14. The average Bonchev–Trinajstić information content (AvgIpc) is 3.02. The van der Waals surface area contributed by atoms with Gasteiger partial charge < -0.3 is 10.3 Å². The molecule has 3 rings (SSSR count). The van der Waals surface area contributed by atoms with Crippen LogP contribution in [0.4, 0.5) is 0 Å². The lowest BCUT2D eigenvalue weighted by atomic mass is 10.0. The van der Waals surface area contributed by atoms with Crippen molar-refractivity contribution in [2.45, 2.75) is 6.92 Å². The molecule has 2 aromatic heterocycles. The van der Waals surface area contributed by atoms with Crippen LogP contribution in [0.2, 0.25) is 0 Å². The maximum Gasteiger partial charge on any atom is 0.268 e. The smallest absolute Gasteiger partial charge is 0.268 e. The first kappa shape index (κ1) is 13.0. The molecule has 0 unspecified atom stereocenters. The summed E-state index contributed by atoms with van der Waals surface area (Å²) in [5.41, 5.74) is 8.81. The highest BCUT2D eigenvalue weighted by atomic mass is 16.5. The number of benzene rings is 1. The molecule has 0 aliphatic carbocycles. The minimum atomic E-state index is -0.596. The fraction of sp³-hybridized carbons (Fsp3) is 0.0667. The summed E-state index contributed by atoms with van der Waals surface area (Å²) in [4.78, 5) is 19.3. The first-order valence-corrected chi connectivity index (χ1v) is 6.29. The van der Waals surface area contributed by atoms with Crippen molar-refractivity contribution in [2.24, 2.45) is 5.73 Å². The van der Waals surface area contributed by atoms with Crippen LogP contribution in [0, 0.1) is 6.92 Å². The Labute approximate surface area is 120 Å². The van der Waals surface area contributed by atoms with Crippen LogP contribution in [0.15, 0.2) is 47.4 Å². The Morgan fingerprint density at radius 2 is 2.05 bits per heavy atom. The van der Waals surface area contributed by atoms with Crippen molar-refractivity contribution >= 4 is 5.91 Å². The normalized spacial score (nSPS) is 10.5. The lowest BCUT2D eigenvalue weighted by Crippen LogP contribution is -2.13. The highest BCUT2D eigenvalue weighted by Crippen LogP contribution is 2.27. The monoisotopic (exact) mass is 280 g/mol. The summed E-state index contributed by atoms with van der Waals surface area (Å²) in [5.74, 6) is 0.0825. The van der Waals surface area contributed by atoms with E-state index in [0.29, 0.717) is 11.5 Å². The highest BCUT2D eigenvalue weighted by Gasteiger charge is 2.10. The second-order valence-electron chi connectivity index (χ2n) is 4.56. The van der Waals surface area contributed by atoms with Crippen molar-refractivity contribution in [1.29, 1.82) is 0 Å².